The number of aromatic nitrogens is 5. The highest BCUT2D eigenvalue weighted by Gasteiger charge is 2.16. The molecule has 146 valence electrons. The van der Waals surface area contributed by atoms with Gasteiger partial charge in [0.15, 0.2) is 0 Å². The van der Waals surface area contributed by atoms with Gasteiger partial charge >= 0.3 is 0 Å². The number of nitrogens with zero attached hydrogens (tertiary/aromatic N) is 5. The van der Waals surface area contributed by atoms with E-state index in [2.05, 4.69) is 20.5 Å². The fraction of sp³-hybridized carbons (Fsp3) is 0.143. The molecule has 0 atom stereocenters. The van der Waals surface area contributed by atoms with Crippen molar-refractivity contribution in [1.82, 2.24) is 29.9 Å². The van der Waals surface area contributed by atoms with Crippen LogP contribution in [-0.2, 0) is 6.42 Å². The molecule has 0 saturated heterocycles. The van der Waals surface area contributed by atoms with Crippen LogP contribution in [0.25, 0.3) is 11.4 Å². The van der Waals surface area contributed by atoms with Gasteiger partial charge in [-0.15, -0.1) is 5.10 Å². The van der Waals surface area contributed by atoms with Gasteiger partial charge in [-0.1, -0.05) is 41.9 Å². The van der Waals surface area contributed by atoms with Crippen LogP contribution < -0.4 is 5.32 Å². The zero-order chi connectivity index (χ0) is 20.2. The van der Waals surface area contributed by atoms with Crippen molar-refractivity contribution in [2.75, 3.05) is 6.54 Å². The lowest BCUT2D eigenvalue weighted by Crippen LogP contribution is -2.27. The predicted molar refractivity (Wildman–Crippen MR) is 111 cm³/mol. The minimum atomic E-state index is -0.332. The SMILES string of the molecule is Cc1nc(C(=O)NCCc2ccn(-c3ccccc3)n2)nn1-c1ccccc1Cl. The maximum Gasteiger partial charge on any atom is 0.290 e. The van der Waals surface area contributed by atoms with E-state index >= 15 is 0 Å². The number of benzene rings is 2. The molecule has 4 rings (SSSR count). The summed E-state index contributed by atoms with van der Waals surface area (Å²) in [5, 5.41) is 12.2. The van der Waals surface area contributed by atoms with Gasteiger partial charge in [-0.2, -0.15) is 5.10 Å². The molecule has 8 heteroatoms. The van der Waals surface area contributed by atoms with Crippen LogP contribution >= 0.6 is 11.6 Å². The maximum absolute atomic E-state index is 12.4. The van der Waals surface area contributed by atoms with Crippen LogP contribution in [0.2, 0.25) is 5.02 Å². The molecule has 0 aliphatic rings. The molecule has 7 nitrogen and oxygen atoms in total. The Morgan fingerprint density at radius 2 is 1.79 bits per heavy atom. The van der Waals surface area contributed by atoms with Gasteiger partial charge in [-0.25, -0.2) is 14.3 Å². The number of carbonyl (C=O) groups excluding carboxylic acids is 1. The number of aryl methyl sites for hydroxylation is 1. The summed E-state index contributed by atoms with van der Waals surface area (Å²) in [7, 11) is 0. The van der Waals surface area contributed by atoms with E-state index in [4.69, 9.17) is 11.6 Å². The summed E-state index contributed by atoms with van der Waals surface area (Å²) in [6.07, 6.45) is 2.51. The topological polar surface area (TPSA) is 77.6 Å². The Bertz CT molecular complexity index is 1140. The molecule has 0 spiro atoms. The highest BCUT2D eigenvalue weighted by atomic mass is 35.5. The smallest absolute Gasteiger partial charge is 0.290 e. The van der Waals surface area contributed by atoms with Gasteiger partial charge in [0, 0.05) is 19.2 Å². The van der Waals surface area contributed by atoms with Crippen molar-refractivity contribution < 1.29 is 4.79 Å². The zero-order valence-corrected chi connectivity index (χ0v) is 16.5. The van der Waals surface area contributed by atoms with Crippen LogP contribution in [0.3, 0.4) is 0 Å². The van der Waals surface area contributed by atoms with Gasteiger partial charge < -0.3 is 5.32 Å². The minimum absolute atomic E-state index is 0.109. The number of hydrogen-bond acceptors (Lipinski definition) is 4. The van der Waals surface area contributed by atoms with E-state index in [0.717, 1.165) is 11.4 Å². The van der Waals surface area contributed by atoms with Crippen molar-refractivity contribution in [3.8, 4) is 11.4 Å². The van der Waals surface area contributed by atoms with Crippen LogP contribution in [0.15, 0.2) is 66.9 Å². The third kappa shape index (κ3) is 4.20. The summed E-state index contributed by atoms with van der Waals surface area (Å²) in [6.45, 7) is 2.22. The molecule has 2 heterocycles. The first-order valence-electron chi connectivity index (χ1n) is 9.18. The summed E-state index contributed by atoms with van der Waals surface area (Å²) in [4.78, 5) is 16.7. The first-order chi connectivity index (χ1) is 14.1. The Morgan fingerprint density at radius 1 is 1.03 bits per heavy atom. The van der Waals surface area contributed by atoms with E-state index in [9.17, 15) is 4.79 Å². The number of carbonyl (C=O) groups is 1. The molecule has 1 amide bonds. The molecule has 0 aliphatic carbocycles. The minimum Gasteiger partial charge on any atom is -0.349 e. The largest absolute Gasteiger partial charge is 0.349 e. The van der Waals surface area contributed by atoms with E-state index < -0.39 is 0 Å². The molecule has 1 N–H and O–H groups in total. The molecule has 29 heavy (non-hydrogen) atoms. The molecule has 0 saturated carbocycles. The first-order valence-corrected chi connectivity index (χ1v) is 9.56. The summed E-state index contributed by atoms with van der Waals surface area (Å²) >= 11 is 6.22. The van der Waals surface area contributed by atoms with E-state index in [1.165, 1.54) is 0 Å². The van der Waals surface area contributed by atoms with Crippen LogP contribution in [0, 0.1) is 6.92 Å². The van der Waals surface area contributed by atoms with Crippen molar-refractivity contribution in [3.63, 3.8) is 0 Å². The molecule has 0 bridgehead atoms. The Labute approximate surface area is 173 Å². The van der Waals surface area contributed by atoms with Gasteiger partial charge in [-0.05, 0) is 37.3 Å². The quantitative estimate of drug-likeness (QED) is 0.532. The second-order valence-corrected chi connectivity index (χ2v) is 6.85. The Morgan fingerprint density at radius 3 is 2.59 bits per heavy atom. The zero-order valence-electron chi connectivity index (χ0n) is 15.8. The monoisotopic (exact) mass is 406 g/mol. The number of nitrogens with one attached hydrogen (secondary N) is 1. The lowest BCUT2D eigenvalue weighted by Gasteiger charge is -2.04. The summed E-state index contributed by atoms with van der Waals surface area (Å²) in [6, 6.07) is 19.1. The molecule has 0 radical (unpaired) electrons. The average molecular weight is 407 g/mol. The van der Waals surface area contributed by atoms with Gasteiger partial charge in [0.25, 0.3) is 5.91 Å². The standard InChI is InChI=1S/C21H19ClN6O/c1-15-24-20(26-28(15)19-10-6-5-9-18(19)22)21(29)23-13-11-16-12-14-27(25-16)17-7-3-2-4-8-17/h2-10,12,14H,11,13H2,1H3,(H,23,29). The highest BCUT2D eigenvalue weighted by molar-refractivity contribution is 6.32. The highest BCUT2D eigenvalue weighted by Crippen LogP contribution is 2.20. The normalized spacial score (nSPS) is 10.8. The summed E-state index contributed by atoms with van der Waals surface area (Å²) in [5.74, 6) is 0.364. The van der Waals surface area contributed by atoms with E-state index in [0.29, 0.717) is 29.5 Å². The molecule has 0 aliphatic heterocycles. The Kier molecular flexibility index (Phi) is 5.39. The number of para-hydroxylation sites is 2. The van der Waals surface area contributed by atoms with Crippen LogP contribution in [-0.4, -0.2) is 37.0 Å². The second kappa shape index (κ2) is 8.28. The first kappa shape index (κ1) is 18.9. The fourth-order valence-electron chi connectivity index (χ4n) is 2.94. The maximum atomic E-state index is 12.4. The number of rotatable bonds is 6. The van der Waals surface area contributed by atoms with Crippen LogP contribution in [0.1, 0.15) is 22.1 Å². The van der Waals surface area contributed by atoms with Crippen molar-refractivity contribution in [1.29, 1.82) is 0 Å². The summed E-state index contributed by atoms with van der Waals surface area (Å²) < 4.78 is 3.38. The van der Waals surface area contributed by atoms with Crippen molar-refractivity contribution in [3.05, 3.63) is 89.2 Å². The van der Waals surface area contributed by atoms with Crippen LogP contribution in [0.4, 0.5) is 0 Å². The molecule has 4 aromatic rings. The number of hydrogen-bond donors (Lipinski definition) is 1. The molecule has 2 aromatic heterocycles. The number of halogens is 1. The second-order valence-electron chi connectivity index (χ2n) is 6.44. The van der Waals surface area contributed by atoms with Gasteiger partial charge in [-0.3, -0.25) is 4.79 Å². The molecular weight excluding hydrogens is 388 g/mol. The molecule has 0 unspecified atom stereocenters. The average Bonchev–Trinajstić information content (AvgIpc) is 3.36. The van der Waals surface area contributed by atoms with E-state index in [1.807, 2.05) is 65.5 Å². The van der Waals surface area contributed by atoms with Crippen molar-refractivity contribution >= 4 is 17.5 Å². The van der Waals surface area contributed by atoms with Gasteiger partial charge in [0.1, 0.15) is 5.82 Å². The lowest BCUT2D eigenvalue weighted by atomic mass is 10.3. The van der Waals surface area contributed by atoms with Crippen molar-refractivity contribution in [2.24, 2.45) is 0 Å². The molecule has 2 aromatic carbocycles. The predicted octanol–water partition coefficient (Wildman–Crippen LogP) is 3.39. The van der Waals surface area contributed by atoms with Gasteiger partial charge in [0.2, 0.25) is 5.82 Å². The van der Waals surface area contributed by atoms with E-state index in [1.54, 1.807) is 17.7 Å². The Balaban J connectivity index is 1.38. The number of amides is 1. The summed E-state index contributed by atoms with van der Waals surface area (Å²) in [5.41, 5.74) is 2.57. The third-order valence-corrected chi connectivity index (χ3v) is 4.70. The van der Waals surface area contributed by atoms with Crippen molar-refractivity contribution in [2.45, 2.75) is 13.3 Å². The lowest BCUT2D eigenvalue weighted by molar-refractivity contribution is 0.0943. The fourth-order valence-corrected chi connectivity index (χ4v) is 3.16. The molecule has 0 fully saturated rings. The third-order valence-electron chi connectivity index (χ3n) is 4.38. The molecular formula is C21H19ClN6O. The van der Waals surface area contributed by atoms with Gasteiger partial charge in [0.05, 0.1) is 22.1 Å². The Hall–Kier alpha value is -3.45. The van der Waals surface area contributed by atoms with E-state index in [-0.39, 0.29) is 11.7 Å². The van der Waals surface area contributed by atoms with Crippen LogP contribution in [0.5, 0.6) is 0 Å².